The third-order valence-electron chi connectivity index (χ3n) is 6.95. The molecule has 3 aromatic rings. The predicted molar refractivity (Wildman–Crippen MR) is 161 cm³/mol. The average molecular weight is 643 g/mol. The van der Waals surface area contributed by atoms with Crippen LogP contribution < -0.4 is 9.88 Å². The fraction of sp³-hybridized carbons (Fsp3) is 0.250. The van der Waals surface area contributed by atoms with Gasteiger partial charge in [-0.15, -0.1) is 6.58 Å². The molecule has 0 fully saturated rings. The summed E-state index contributed by atoms with van der Waals surface area (Å²) in [5, 5.41) is 6.84. The molecule has 2 N–H and O–H groups in total. The highest BCUT2D eigenvalue weighted by atomic mass is 35.5. The Labute approximate surface area is 252 Å². The van der Waals surface area contributed by atoms with E-state index >= 15 is 4.39 Å². The number of allylic oxidation sites excluding steroid dienone is 5. The maximum absolute atomic E-state index is 15.0. The summed E-state index contributed by atoms with van der Waals surface area (Å²) in [5.74, 6) is 0.0430. The van der Waals surface area contributed by atoms with E-state index in [0.717, 1.165) is 11.3 Å². The van der Waals surface area contributed by atoms with Crippen LogP contribution in [0.2, 0.25) is 15.1 Å². The Kier molecular flexibility index (Phi) is 9.44. The number of halogens is 4. The lowest BCUT2D eigenvalue weighted by Crippen LogP contribution is -2.35. The molecule has 2 unspecified atom stereocenters. The van der Waals surface area contributed by atoms with E-state index in [4.69, 9.17) is 49.7 Å². The molecule has 1 aliphatic rings. The summed E-state index contributed by atoms with van der Waals surface area (Å²) >= 11 is 20.9. The number of thioether (sulfide) groups is 1. The fourth-order valence-electron chi connectivity index (χ4n) is 4.80. The van der Waals surface area contributed by atoms with Crippen LogP contribution in [0.1, 0.15) is 30.2 Å². The fourth-order valence-corrected chi connectivity index (χ4v) is 7.37. The van der Waals surface area contributed by atoms with E-state index in [2.05, 4.69) is 6.58 Å². The second kappa shape index (κ2) is 12.3. The van der Waals surface area contributed by atoms with Crippen LogP contribution >= 0.6 is 46.6 Å². The lowest BCUT2D eigenvalue weighted by Gasteiger charge is -2.37. The number of ether oxygens (including phenoxy) is 1. The highest BCUT2D eigenvalue weighted by Gasteiger charge is 2.41. The van der Waals surface area contributed by atoms with Crippen molar-refractivity contribution in [3.63, 3.8) is 0 Å². The summed E-state index contributed by atoms with van der Waals surface area (Å²) in [6, 6.07) is 7.95. The third kappa shape index (κ3) is 6.15. The molecule has 0 aliphatic carbocycles. The minimum absolute atomic E-state index is 0.0612. The number of nitrogens with zero attached hydrogens (tertiary/aromatic N) is 2. The molecular formula is C28H27Cl3FN3O3S2. The van der Waals surface area contributed by atoms with Gasteiger partial charge in [-0.2, -0.15) is 0 Å². The van der Waals surface area contributed by atoms with Gasteiger partial charge in [-0.25, -0.2) is 22.9 Å². The van der Waals surface area contributed by atoms with Gasteiger partial charge in [0.25, 0.3) is 0 Å². The van der Waals surface area contributed by atoms with Crippen molar-refractivity contribution in [2.24, 2.45) is 11.1 Å². The average Bonchev–Trinajstić information content (AvgIpc) is 3.30. The van der Waals surface area contributed by atoms with E-state index in [-0.39, 0.29) is 21.7 Å². The van der Waals surface area contributed by atoms with Gasteiger partial charge >= 0.3 is 0 Å². The standard InChI is InChI=1S/C28H27Cl3FN3O3S2/c1-4-6-18-11-20(32)7-5-10-35-25(28(18,2)19-12-23(30)26(38-3)24(31)13-19)15-34-27(35)39-16-17-8-9-21(14-22(17)29)40(33,36)37/h4-5,7-9,11-15,18H,1,6,10,16H2,2-3H3,(H2,33,36,37). The van der Waals surface area contributed by atoms with Gasteiger partial charge in [0, 0.05) is 28.4 Å². The summed E-state index contributed by atoms with van der Waals surface area (Å²) in [5.41, 5.74) is 1.48. The zero-order valence-electron chi connectivity index (χ0n) is 21.7. The SMILES string of the molecule is C=CCC1C=C(F)C=CCn2c(cnc2SCc2ccc(S(N)(=O)=O)cc2Cl)C1(C)c1cc(Cl)c(OC)c(Cl)c1. The number of rotatable bonds is 8. The van der Waals surface area contributed by atoms with Crippen molar-refractivity contribution in [2.45, 2.75) is 41.1 Å². The quantitative estimate of drug-likeness (QED) is 0.201. The Hall–Kier alpha value is -2.27. The van der Waals surface area contributed by atoms with Gasteiger partial charge in [0.2, 0.25) is 10.0 Å². The lowest BCUT2D eigenvalue weighted by molar-refractivity contribution is 0.384. The molecule has 0 spiro atoms. The van der Waals surface area contributed by atoms with Crippen molar-refractivity contribution in [1.82, 2.24) is 9.55 Å². The topological polar surface area (TPSA) is 87.2 Å². The number of sulfonamides is 1. The molecule has 2 heterocycles. The zero-order valence-corrected chi connectivity index (χ0v) is 25.6. The Morgan fingerprint density at radius 3 is 2.55 bits per heavy atom. The second-order valence-corrected chi connectivity index (χ2v) is 13.1. The van der Waals surface area contributed by atoms with E-state index in [1.807, 2.05) is 11.5 Å². The summed E-state index contributed by atoms with van der Waals surface area (Å²) in [6.45, 7) is 6.27. The highest BCUT2D eigenvalue weighted by Crippen LogP contribution is 2.47. The minimum atomic E-state index is -3.87. The molecule has 40 heavy (non-hydrogen) atoms. The van der Waals surface area contributed by atoms with Gasteiger partial charge in [-0.05, 0) is 66.8 Å². The third-order valence-corrected chi connectivity index (χ3v) is 9.81. The highest BCUT2D eigenvalue weighted by molar-refractivity contribution is 7.98. The minimum Gasteiger partial charge on any atom is -0.494 e. The van der Waals surface area contributed by atoms with Gasteiger partial charge in [-0.3, -0.25) is 0 Å². The Balaban J connectivity index is 1.82. The Morgan fingerprint density at radius 1 is 1.25 bits per heavy atom. The molecule has 12 heteroatoms. The van der Waals surface area contributed by atoms with Crippen molar-refractivity contribution >= 4 is 56.6 Å². The van der Waals surface area contributed by atoms with E-state index in [0.29, 0.717) is 45.2 Å². The van der Waals surface area contributed by atoms with Crippen molar-refractivity contribution < 1.29 is 17.5 Å². The van der Waals surface area contributed by atoms with E-state index in [1.54, 1.807) is 42.6 Å². The van der Waals surface area contributed by atoms with Crippen molar-refractivity contribution in [3.05, 3.63) is 105 Å². The summed E-state index contributed by atoms with van der Waals surface area (Å²) < 4.78 is 45.8. The second-order valence-electron chi connectivity index (χ2n) is 9.38. The van der Waals surface area contributed by atoms with Crippen LogP contribution in [0.5, 0.6) is 5.75 Å². The van der Waals surface area contributed by atoms with Crippen molar-refractivity contribution in [3.8, 4) is 5.75 Å². The predicted octanol–water partition coefficient (Wildman–Crippen LogP) is 7.71. The molecule has 0 saturated carbocycles. The number of benzene rings is 2. The first-order valence-electron chi connectivity index (χ1n) is 12.1. The lowest BCUT2D eigenvalue weighted by atomic mass is 9.68. The first-order valence-corrected chi connectivity index (χ1v) is 15.7. The number of aromatic nitrogens is 2. The maximum atomic E-state index is 15.0. The molecule has 2 aromatic carbocycles. The molecule has 4 rings (SSSR count). The Bertz CT molecular complexity index is 1600. The number of primary sulfonamides is 1. The van der Waals surface area contributed by atoms with Gasteiger partial charge in [0.15, 0.2) is 10.9 Å². The molecule has 6 nitrogen and oxygen atoms in total. The molecule has 1 aliphatic heterocycles. The van der Waals surface area contributed by atoms with Gasteiger partial charge < -0.3 is 9.30 Å². The molecule has 0 saturated heterocycles. The number of hydrogen-bond donors (Lipinski definition) is 1. The smallest absolute Gasteiger partial charge is 0.238 e. The van der Waals surface area contributed by atoms with Crippen LogP contribution in [0.3, 0.4) is 0 Å². The van der Waals surface area contributed by atoms with E-state index in [1.165, 1.54) is 37.1 Å². The number of fused-ring (bicyclic) bond motifs is 1. The van der Waals surface area contributed by atoms with Gasteiger partial charge in [0.1, 0.15) is 5.83 Å². The number of nitrogens with two attached hydrogens (primary N) is 1. The summed E-state index contributed by atoms with van der Waals surface area (Å²) in [6.07, 6.45) is 8.77. The van der Waals surface area contributed by atoms with Crippen LogP contribution in [0.4, 0.5) is 4.39 Å². The normalized spacial score (nSPS) is 19.3. The molecule has 2 atom stereocenters. The molecule has 1 aromatic heterocycles. The number of imidazole rings is 1. The number of methoxy groups -OCH3 is 1. The largest absolute Gasteiger partial charge is 0.494 e. The maximum Gasteiger partial charge on any atom is 0.238 e. The first-order chi connectivity index (χ1) is 18.9. The zero-order chi connectivity index (χ0) is 29.2. The van der Waals surface area contributed by atoms with Crippen LogP contribution in [0.15, 0.2) is 83.3 Å². The molecular weight excluding hydrogens is 616 g/mol. The van der Waals surface area contributed by atoms with Crippen LogP contribution in [0.25, 0.3) is 0 Å². The molecule has 0 radical (unpaired) electrons. The number of hydrogen-bond acceptors (Lipinski definition) is 5. The molecule has 0 amide bonds. The monoisotopic (exact) mass is 641 g/mol. The molecule has 212 valence electrons. The van der Waals surface area contributed by atoms with Crippen molar-refractivity contribution in [2.75, 3.05) is 7.11 Å². The summed E-state index contributed by atoms with van der Waals surface area (Å²) in [7, 11) is -2.38. The van der Waals surface area contributed by atoms with Crippen LogP contribution in [-0.2, 0) is 27.7 Å². The first kappa shape index (κ1) is 30.7. The Morgan fingerprint density at radius 2 is 1.95 bits per heavy atom. The van der Waals surface area contributed by atoms with Gasteiger partial charge in [0.05, 0.1) is 28.2 Å². The van der Waals surface area contributed by atoms with E-state index in [9.17, 15) is 8.42 Å². The van der Waals surface area contributed by atoms with E-state index < -0.39 is 15.4 Å². The van der Waals surface area contributed by atoms with Gasteiger partial charge in [-0.1, -0.05) is 64.8 Å². The molecule has 0 bridgehead atoms. The summed E-state index contributed by atoms with van der Waals surface area (Å²) in [4.78, 5) is 4.67. The van der Waals surface area contributed by atoms with Crippen LogP contribution in [0, 0.1) is 5.92 Å². The van der Waals surface area contributed by atoms with Crippen molar-refractivity contribution in [1.29, 1.82) is 0 Å². The van der Waals surface area contributed by atoms with Crippen LogP contribution in [-0.4, -0.2) is 25.1 Å².